The Hall–Kier alpha value is -2.54. The lowest BCUT2D eigenvalue weighted by molar-refractivity contribution is -0.145. The molecule has 2 aromatic rings. The van der Waals surface area contributed by atoms with E-state index in [0.29, 0.717) is 18.0 Å². The molecule has 0 bridgehead atoms. The first-order valence-electron chi connectivity index (χ1n) is 9.25. The van der Waals surface area contributed by atoms with Crippen LogP contribution in [-0.4, -0.2) is 33.6 Å². The van der Waals surface area contributed by atoms with Crippen LogP contribution in [0.5, 0.6) is 5.75 Å². The lowest BCUT2D eigenvalue weighted by Crippen LogP contribution is -2.37. The van der Waals surface area contributed by atoms with Crippen molar-refractivity contribution in [3.63, 3.8) is 0 Å². The molecule has 6 nitrogen and oxygen atoms in total. The molecule has 152 valence electrons. The molecule has 0 atom stereocenters. The molecule has 0 aliphatic rings. The third-order valence-electron chi connectivity index (χ3n) is 3.85. The quantitative estimate of drug-likeness (QED) is 0.591. The standard InChI is InChI=1S/C21H27NO5S/c1-5-14-26-19-10-8-18(9-11-19)22(15-21(23)27-16(2)3)28(24,25)20-12-6-17(4)7-13-20/h6-13,16H,5,14-15H2,1-4H3. The highest BCUT2D eigenvalue weighted by Crippen LogP contribution is 2.26. The van der Waals surface area contributed by atoms with Gasteiger partial charge in [-0.05, 0) is 63.6 Å². The minimum absolute atomic E-state index is 0.113. The minimum atomic E-state index is -3.94. The maximum absolute atomic E-state index is 13.2. The molecule has 2 aromatic carbocycles. The first kappa shape index (κ1) is 21.8. The van der Waals surface area contributed by atoms with Gasteiger partial charge in [0, 0.05) is 0 Å². The van der Waals surface area contributed by atoms with E-state index in [-0.39, 0.29) is 11.0 Å². The maximum atomic E-state index is 13.2. The molecule has 0 unspecified atom stereocenters. The zero-order valence-electron chi connectivity index (χ0n) is 16.7. The molecule has 0 aliphatic heterocycles. The molecule has 0 radical (unpaired) electrons. The predicted octanol–water partition coefficient (Wildman–Crippen LogP) is 3.93. The average molecular weight is 406 g/mol. The Labute approximate surface area is 167 Å². The number of nitrogens with zero attached hydrogens (tertiary/aromatic N) is 1. The molecule has 0 aromatic heterocycles. The van der Waals surface area contributed by atoms with Crippen LogP contribution in [0.2, 0.25) is 0 Å². The van der Waals surface area contributed by atoms with Gasteiger partial charge < -0.3 is 9.47 Å². The number of benzene rings is 2. The second kappa shape index (κ2) is 9.59. The zero-order valence-corrected chi connectivity index (χ0v) is 17.5. The van der Waals surface area contributed by atoms with E-state index in [0.717, 1.165) is 16.3 Å². The van der Waals surface area contributed by atoms with Gasteiger partial charge in [-0.1, -0.05) is 24.6 Å². The van der Waals surface area contributed by atoms with Crippen LogP contribution < -0.4 is 9.04 Å². The van der Waals surface area contributed by atoms with Crippen molar-refractivity contribution in [3.05, 3.63) is 54.1 Å². The van der Waals surface area contributed by atoms with Crippen molar-refractivity contribution in [2.24, 2.45) is 0 Å². The molecule has 2 rings (SSSR count). The van der Waals surface area contributed by atoms with Crippen LogP contribution >= 0.6 is 0 Å². The van der Waals surface area contributed by atoms with E-state index in [1.54, 1.807) is 50.2 Å². The van der Waals surface area contributed by atoms with Gasteiger partial charge >= 0.3 is 5.97 Å². The summed E-state index contributed by atoms with van der Waals surface area (Å²) in [5.41, 5.74) is 1.31. The van der Waals surface area contributed by atoms with Crippen molar-refractivity contribution in [2.45, 2.75) is 45.1 Å². The monoisotopic (exact) mass is 405 g/mol. The Morgan fingerprint density at radius 3 is 2.18 bits per heavy atom. The lowest BCUT2D eigenvalue weighted by Gasteiger charge is -2.24. The fourth-order valence-electron chi connectivity index (χ4n) is 2.50. The summed E-state index contributed by atoms with van der Waals surface area (Å²) in [6.07, 6.45) is 0.540. The molecule has 0 heterocycles. The van der Waals surface area contributed by atoms with Gasteiger partial charge in [-0.3, -0.25) is 9.10 Å². The molecule has 0 fully saturated rings. The van der Waals surface area contributed by atoms with Gasteiger partial charge in [0.05, 0.1) is 23.3 Å². The Balaban J connectivity index is 2.38. The van der Waals surface area contributed by atoms with E-state index in [1.807, 2.05) is 13.8 Å². The second-order valence-corrected chi connectivity index (χ2v) is 8.57. The first-order valence-corrected chi connectivity index (χ1v) is 10.7. The van der Waals surface area contributed by atoms with Crippen molar-refractivity contribution in [2.75, 3.05) is 17.5 Å². The largest absolute Gasteiger partial charge is 0.494 e. The minimum Gasteiger partial charge on any atom is -0.494 e. The van der Waals surface area contributed by atoms with Gasteiger partial charge in [-0.25, -0.2) is 8.42 Å². The summed E-state index contributed by atoms with van der Waals surface area (Å²) >= 11 is 0. The summed E-state index contributed by atoms with van der Waals surface area (Å²) in [7, 11) is -3.94. The highest BCUT2D eigenvalue weighted by atomic mass is 32.2. The van der Waals surface area contributed by atoms with Crippen molar-refractivity contribution in [1.29, 1.82) is 0 Å². The van der Waals surface area contributed by atoms with Gasteiger partial charge in [0.15, 0.2) is 0 Å². The molecular formula is C21H27NO5S. The van der Waals surface area contributed by atoms with Crippen molar-refractivity contribution in [1.82, 2.24) is 0 Å². The third-order valence-corrected chi connectivity index (χ3v) is 5.63. The van der Waals surface area contributed by atoms with E-state index in [1.165, 1.54) is 12.1 Å². The Bertz CT molecular complexity index is 874. The molecule has 0 spiro atoms. The van der Waals surface area contributed by atoms with E-state index in [9.17, 15) is 13.2 Å². The number of hydrogen-bond donors (Lipinski definition) is 0. The molecule has 0 saturated carbocycles. The number of anilines is 1. The molecule has 7 heteroatoms. The fourth-order valence-corrected chi connectivity index (χ4v) is 3.91. The van der Waals surface area contributed by atoms with Crippen molar-refractivity contribution < 1.29 is 22.7 Å². The van der Waals surface area contributed by atoms with Crippen LogP contribution in [-0.2, 0) is 19.6 Å². The van der Waals surface area contributed by atoms with Gasteiger partial charge in [-0.2, -0.15) is 0 Å². The number of ether oxygens (including phenoxy) is 2. The molecule has 28 heavy (non-hydrogen) atoms. The summed E-state index contributed by atoms with van der Waals surface area (Å²) in [6.45, 7) is 7.48. The third kappa shape index (κ3) is 5.73. The smallest absolute Gasteiger partial charge is 0.327 e. The van der Waals surface area contributed by atoms with Gasteiger partial charge in [0.2, 0.25) is 0 Å². The number of carbonyl (C=O) groups is 1. The SMILES string of the molecule is CCCOc1ccc(N(CC(=O)OC(C)C)S(=O)(=O)c2ccc(C)cc2)cc1. The van der Waals surface area contributed by atoms with E-state index >= 15 is 0 Å². The summed E-state index contributed by atoms with van der Waals surface area (Å²) in [5, 5.41) is 0. The second-order valence-electron chi connectivity index (χ2n) is 6.71. The van der Waals surface area contributed by atoms with Crippen LogP contribution in [0.4, 0.5) is 5.69 Å². The lowest BCUT2D eigenvalue weighted by atomic mass is 10.2. The maximum Gasteiger partial charge on any atom is 0.327 e. The van der Waals surface area contributed by atoms with Crippen LogP contribution in [0, 0.1) is 6.92 Å². The molecular weight excluding hydrogens is 378 g/mol. The Morgan fingerprint density at radius 1 is 1.04 bits per heavy atom. The molecule has 0 saturated heterocycles. The summed E-state index contributed by atoms with van der Waals surface area (Å²) in [5.74, 6) is 0.0278. The van der Waals surface area contributed by atoms with E-state index < -0.39 is 22.5 Å². The highest BCUT2D eigenvalue weighted by molar-refractivity contribution is 7.92. The molecule has 0 aliphatic carbocycles. The van der Waals surface area contributed by atoms with Gasteiger partial charge in [0.1, 0.15) is 12.3 Å². The van der Waals surface area contributed by atoms with Crippen LogP contribution in [0.25, 0.3) is 0 Å². The normalized spacial score (nSPS) is 11.3. The highest BCUT2D eigenvalue weighted by Gasteiger charge is 2.28. The van der Waals surface area contributed by atoms with E-state index in [2.05, 4.69) is 0 Å². The summed E-state index contributed by atoms with van der Waals surface area (Å²) in [4.78, 5) is 12.3. The Morgan fingerprint density at radius 2 is 1.64 bits per heavy atom. The molecule has 0 amide bonds. The Kier molecular flexibility index (Phi) is 7.45. The van der Waals surface area contributed by atoms with Crippen molar-refractivity contribution >= 4 is 21.7 Å². The summed E-state index contributed by atoms with van der Waals surface area (Å²) in [6, 6.07) is 13.1. The molecule has 0 N–H and O–H groups in total. The summed E-state index contributed by atoms with van der Waals surface area (Å²) < 4.78 is 38.2. The number of carbonyl (C=O) groups excluding carboxylic acids is 1. The zero-order chi connectivity index (χ0) is 20.7. The predicted molar refractivity (Wildman–Crippen MR) is 109 cm³/mol. The number of esters is 1. The van der Waals surface area contributed by atoms with Gasteiger partial charge in [-0.15, -0.1) is 0 Å². The van der Waals surface area contributed by atoms with E-state index in [4.69, 9.17) is 9.47 Å². The fraction of sp³-hybridized carbons (Fsp3) is 0.381. The number of hydrogen-bond acceptors (Lipinski definition) is 5. The van der Waals surface area contributed by atoms with Crippen LogP contribution in [0.3, 0.4) is 0 Å². The number of aryl methyl sites for hydroxylation is 1. The van der Waals surface area contributed by atoms with Crippen LogP contribution in [0.1, 0.15) is 32.8 Å². The number of sulfonamides is 1. The average Bonchev–Trinajstić information content (AvgIpc) is 2.64. The van der Waals surface area contributed by atoms with Crippen LogP contribution in [0.15, 0.2) is 53.4 Å². The topological polar surface area (TPSA) is 72.9 Å². The van der Waals surface area contributed by atoms with Crippen molar-refractivity contribution in [3.8, 4) is 5.75 Å². The van der Waals surface area contributed by atoms with Gasteiger partial charge in [0.25, 0.3) is 10.0 Å². The number of rotatable bonds is 9. The first-order chi connectivity index (χ1) is 13.2.